The molecule has 0 bridgehead atoms. The van der Waals surface area contributed by atoms with Gasteiger partial charge in [-0.25, -0.2) is 4.68 Å². The molecule has 0 unspecified atom stereocenters. The Morgan fingerprint density at radius 1 is 1.44 bits per heavy atom. The van der Waals surface area contributed by atoms with E-state index >= 15 is 0 Å². The van der Waals surface area contributed by atoms with Crippen LogP contribution in [0, 0.1) is 6.92 Å². The van der Waals surface area contributed by atoms with Crippen LogP contribution in [0.15, 0.2) is 29.1 Å². The zero-order valence-electron chi connectivity index (χ0n) is 9.24. The Morgan fingerprint density at radius 2 is 2.25 bits per heavy atom. The van der Waals surface area contributed by atoms with Crippen molar-refractivity contribution < 1.29 is 0 Å². The summed E-state index contributed by atoms with van der Waals surface area (Å²) in [5, 5.41) is 7.41. The summed E-state index contributed by atoms with van der Waals surface area (Å²) < 4.78 is 2.82. The van der Waals surface area contributed by atoms with E-state index in [1.54, 1.807) is 6.20 Å². The molecule has 16 heavy (non-hydrogen) atoms. The quantitative estimate of drug-likeness (QED) is 0.936. The van der Waals surface area contributed by atoms with Crippen LogP contribution < -0.4 is 5.32 Å². The van der Waals surface area contributed by atoms with Crippen molar-refractivity contribution in [3.63, 3.8) is 0 Å². The smallest absolute Gasteiger partial charge is 0.0724 e. The van der Waals surface area contributed by atoms with Gasteiger partial charge in [0.15, 0.2) is 0 Å². The van der Waals surface area contributed by atoms with Crippen molar-refractivity contribution in [1.29, 1.82) is 0 Å². The molecule has 2 heterocycles. The van der Waals surface area contributed by atoms with Crippen molar-refractivity contribution in [3.8, 4) is 5.69 Å². The molecule has 4 nitrogen and oxygen atoms in total. The molecule has 2 aromatic heterocycles. The minimum Gasteiger partial charge on any atom is -0.316 e. The van der Waals surface area contributed by atoms with Gasteiger partial charge < -0.3 is 5.32 Å². The molecular weight excluding hydrogens is 268 g/mol. The van der Waals surface area contributed by atoms with Crippen LogP contribution in [0.2, 0.25) is 0 Å². The molecule has 0 aliphatic carbocycles. The second-order valence-corrected chi connectivity index (χ2v) is 4.50. The number of halogens is 1. The van der Waals surface area contributed by atoms with Crippen molar-refractivity contribution in [1.82, 2.24) is 20.1 Å². The van der Waals surface area contributed by atoms with Gasteiger partial charge in [0.05, 0.1) is 16.4 Å². The van der Waals surface area contributed by atoms with Gasteiger partial charge in [-0.1, -0.05) is 0 Å². The van der Waals surface area contributed by atoms with E-state index in [4.69, 9.17) is 0 Å². The zero-order chi connectivity index (χ0) is 11.5. The van der Waals surface area contributed by atoms with E-state index in [9.17, 15) is 0 Å². The first-order chi connectivity index (χ1) is 7.70. The van der Waals surface area contributed by atoms with E-state index in [1.807, 2.05) is 37.1 Å². The third-order valence-electron chi connectivity index (χ3n) is 2.26. The van der Waals surface area contributed by atoms with Crippen molar-refractivity contribution in [2.24, 2.45) is 0 Å². The van der Waals surface area contributed by atoms with Gasteiger partial charge in [0.2, 0.25) is 0 Å². The van der Waals surface area contributed by atoms with Crippen LogP contribution >= 0.6 is 15.9 Å². The number of aromatic nitrogens is 3. The van der Waals surface area contributed by atoms with Crippen LogP contribution in [-0.4, -0.2) is 21.8 Å². The monoisotopic (exact) mass is 280 g/mol. The molecule has 0 amide bonds. The number of pyridine rings is 1. The Balaban J connectivity index is 2.48. The molecule has 2 rings (SSSR count). The Bertz CT molecular complexity index is 492. The Hall–Kier alpha value is -1.20. The predicted octanol–water partition coefficient (Wildman–Crippen LogP) is 2.06. The first-order valence-electron chi connectivity index (χ1n) is 5.01. The van der Waals surface area contributed by atoms with Crippen LogP contribution in [0.5, 0.6) is 0 Å². The molecule has 0 atom stereocenters. The number of hydrogen-bond acceptors (Lipinski definition) is 3. The normalized spacial score (nSPS) is 10.7. The SMILES string of the molecule is CNCc1cnc(C)cc1-n1cc(Br)cn1. The molecule has 5 heteroatoms. The molecule has 84 valence electrons. The predicted molar refractivity (Wildman–Crippen MR) is 66.6 cm³/mol. The van der Waals surface area contributed by atoms with Gasteiger partial charge in [0.1, 0.15) is 0 Å². The summed E-state index contributed by atoms with van der Waals surface area (Å²) in [6.45, 7) is 2.76. The summed E-state index contributed by atoms with van der Waals surface area (Å²) in [5.41, 5.74) is 3.18. The van der Waals surface area contributed by atoms with Crippen molar-refractivity contribution in [2.45, 2.75) is 13.5 Å². The summed E-state index contributed by atoms with van der Waals surface area (Å²) in [5.74, 6) is 0. The Morgan fingerprint density at radius 3 is 2.88 bits per heavy atom. The molecule has 0 spiro atoms. The van der Waals surface area contributed by atoms with Gasteiger partial charge in [-0.05, 0) is 36.0 Å². The number of nitrogens with zero attached hydrogens (tertiary/aromatic N) is 3. The van der Waals surface area contributed by atoms with E-state index in [2.05, 4.69) is 31.3 Å². The molecule has 2 aromatic rings. The lowest BCUT2D eigenvalue weighted by Gasteiger charge is -2.09. The average molecular weight is 281 g/mol. The second kappa shape index (κ2) is 4.76. The summed E-state index contributed by atoms with van der Waals surface area (Å²) in [4.78, 5) is 4.30. The lowest BCUT2D eigenvalue weighted by molar-refractivity contribution is 0.781. The first kappa shape index (κ1) is 11.3. The Kier molecular flexibility index (Phi) is 3.36. The molecule has 0 fully saturated rings. The van der Waals surface area contributed by atoms with E-state index in [1.165, 1.54) is 0 Å². The van der Waals surface area contributed by atoms with Crippen molar-refractivity contribution in [2.75, 3.05) is 7.05 Å². The highest BCUT2D eigenvalue weighted by Gasteiger charge is 2.06. The molecule has 0 radical (unpaired) electrons. The summed E-state index contributed by atoms with van der Waals surface area (Å²) >= 11 is 3.40. The van der Waals surface area contributed by atoms with Gasteiger partial charge in [-0.2, -0.15) is 5.10 Å². The fourth-order valence-electron chi connectivity index (χ4n) is 1.55. The van der Waals surface area contributed by atoms with Gasteiger partial charge in [0.25, 0.3) is 0 Å². The number of nitrogens with one attached hydrogen (secondary N) is 1. The summed E-state index contributed by atoms with van der Waals surface area (Å²) in [6.07, 6.45) is 5.60. The maximum absolute atomic E-state index is 4.30. The summed E-state index contributed by atoms with van der Waals surface area (Å²) in [7, 11) is 1.92. The average Bonchev–Trinajstić information content (AvgIpc) is 2.68. The topological polar surface area (TPSA) is 42.7 Å². The molecule has 0 aromatic carbocycles. The van der Waals surface area contributed by atoms with E-state index in [0.29, 0.717) is 0 Å². The highest BCUT2D eigenvalue weighted by atomic mass is 79.9. The van der Waals surface area contributed by atoms with Gasteiger partial charge in [-0.3, -0.25) is 4.98 Å². The largest absolute Gasteiger partial charge is 0.316 e. The standard InChI is InChI=1S/C11H13BrN4/c1-8-3-11(9(4-13-2)5-14-8)16-7-10(12)6-15-16/h3,5-7,13H,4H2,1-2H3. The van der Waals surface area contributed by atoms with Crippen LogP contribution in [0.25, 0.3) is 5.69 Å². The fourth-order valence-corrected chi connectivity index (χ4v) is 1.83. The molecule has 0 saturated carbocycles. The van der Waals surface area contributed by atoms with E-state index in [0.717, 1.165) is 28.0 Å². The second-order valence-electron chi connectivity index (χ2n) is 3.59. The van der Waals surface area contributed by atoms with Gasteiger partial charge >= 0.3 is 0 Å². The minimum atomic E-state index is 0.778. The highest BCUT2D eigenvalue weighted by Crippen LogP contribution is 2.17. The van der Waals surface area contributed by atoms with Crippen LogP contribution in [0.3, 0.4) is 0 Å². The van der Waals surface area contributed by atoms with Crippen LogP contribution in [0.4, 0.5) is 0 Å². The lowest BCUT2D eigenvalue weighted by Crippen LogP contribution is -2.10. The number of rotatable bonds is 3. The fraction of sp³-hybridized carbons (Fsp3) is 0.273. The van der Waals surface area contributed by atoms with Crippen LogP contribution in [0.1, 0.15) is 11.3 Å². The molecule has 0 saturated heterocycles. The zero-order valence-corrected chi connectivity index (χ0v) is 10.8. The highest BCUT2D eigenvalue weighted by molar-refractivity contribution is 9.10. The third-order valence-corrected chi connectivity index (χ3v) is 2.67. The number of aryl methyl sites for hydroxylation is 1. The van der Waals surface area contributed by atoms with Gasteiger partial charge in [-0.15, -0.1) is 0 Å². The number of hydrogen-bond donors (Lipinski definition) is 1. The third kappa shape index (κ3) is 2.31. The minimum absolute atomic E-state index is 0.778. The van der Waals surface area contributed by atoms with Crippen molar-refractivity contribution in [3.05, 3.63) is 40.4 Å². The van der Waals surface area contributed by atoms with Crippen LogP contribution in [-0.2, 0) is 6.54 Å². The first-order valence-corrected chi connectivity index (χ1v) is 5.80. The summed E-state index contributed by atoms with van der Waals surface area (Å²) in [6, 6.07) is 2.03. The maximum atomic E-state index is 4.30. The molecule has 1 N–H and O–H groups in total. The van der Waals surface area contributed by atoms with Crippen molar-refractivity contribution >= 4 is 15.9 Å². The van der Waals surface area contributed by atoms with Gasteiger partial charge in [0, 0.05) is 30.2 Å². The lowest BCUT2D eigenvalue weighted by atomic mass is 10.2. The van der Waals surface area contributed by atoms with E-state index in [-0.39, 0.29) is 0 Å². The molecule has 0 aliphatic rings. The van der Waals surface area contributed by atoms with E-state index < -0.39 is 0 Å². The maximum Gasteiger partial charge on any atom is 0.0724 e. The molecule has 0 aliphatic heterocycles. The Labute approximate surface area is 103 Å². The molecular formula is C11H13BrN4.